The summed E-state index contributed by atoms with van der Waals surface area (Å²) in [6.07, 6.45) is 6.17. The van der Waals surface area contributed by atoms with Crippen molar-refractivity contribution in [1.29, 1.82) is 0 Å². The van der Waals surface area contributed by atoms with Crippen molar-refractivity contribution in [1.82, 2.24) is 5.32 Å². The van der Waals surface area contributed by atoms with Gasteiger partial charge in [0.25, 0.3) is 5.91 Å². The SMILES string of the molecule is CC1CCCCC1NC(=O)CN1C(=O)C(=Cc2ccccc2Br)Oc2ccccc21. The third-order valence-electron chi connectivity index (χ3n) is 5.78. The quantitative estimate of drug-likeness (QED) is 0.648. The summed E-state index contributed by atoms with van der Waals surface area (Å²) in [6.45, 7) is 2.15. The van der Waals surface area contributed by atoms with Gasteiger partial charge in [0.15, 0.2) is 11.5 Å². The first-order valence-electron chi connectivity index (χ1n) is 10.4. The molecule has 0 radical (unpaired) electrons. The van der Waals surface area contributed by atoms with E-state index in [0.717, 1.165) is 29.3 Å². The Hall–Kier alpha value is -2.60. The summed E-state index contributed by atoms with van der Waals surface area (Å²) in [5.74, 6) is 0.755. The number of carbonyl (C=O) groups excluding carboxylic acids is 2. The van der Waals surface area contributed by atoms with Gasteiger partial charge in [0, 0.05) is 10.5 Å². The van der Waals surface area contributed by atoms with E-state index in [1.165, 1.54) is 11.3 Å². The van der Waals surface area contributed by atoms with Crippen LogP contribution in [0.1, 0.15) is 38.2 Å². The second-order valence-corrected chi connectivity index (χ2v) is 8.78. The minimum absolute atomic E-state index is 0.0320. The second-order valence-electron chi connectivity index (χ2n) is 7.93. The van der Waals surface area contributed by atoms with E-state index in [1.807, 2.05) is 42.5 Å². The lowest BCUT2D eigenvalue weighted by atomic mass is 9.86. The Labute approximate surface area is 185 Å². The van der Waals surface area contributed by atoms with E-state index in [9.17, 15) is 9.59 Å². The van der Waals surface area contributed by atoms with E-state index < -0.39 is 0 Å². The van der Waals surface area contributed by atoms with E-state index in [-0.39, 0.29) is 30.2 Å². The molecular weight excluding hydrogens is 444 g/mol. The number of ether oxygens (including phenoxy) is 1. The van der Waals surface area contributed by atoms with E-state index in [0.29, 0.717) is 17.4 Å². The summed E-state index contributed by atoms with van der Waals surface area (Å²) in [6, 6.07) is 15.1. The maximum Gasteiger partial charge on any atom is 0.294 e. The molecule has 2 aliphatic rings. The molecule has 0 aromatic heterocycles. The van der Waals surface area contributed by atoms with Crippen molar-refractivity contribution in [3.63, 3.8) is 0 Å². The molecule has 2 atom stereocenters. The van der Waals surface area contributed by atoms with Gasteiger partial charge in [0.1, 0.15) is 6.54 Å². The lowest BCUT2D eigenvalue weighted by Gasteiger charge is -2.32. The Morgan fingerprint density at radius 1 is 1.17 bits per heavy atom. The molecule has 5 nitrogen and oxygen atoms in total. The summed E-state index contributed by atoms with van der Waals surface area (Å²) in [5, 5.41) is 3.14. The first-order chi connectivity index (χ1) is 14.5. The smallest absolute Gasteiger partial charge is 0.294 e. The first kappa shape index (κ1) is 20.7. The summed E-state index contributed by atoms with van der Waals surface area (Å²) >= 11 is 3.50. The highest BCUT2D eigenvalue weighted by atomic mass is 79.9. The molecule has 2 aromatic rings. The standard InChI is InChI=1S/C24H25BrN2O3/c1-16-8-2-5-11-19(16)26-23(28)15-27-20-12-6-7-13-21(20)30-22(24(27)29)14-17-9-3-4-10-18(17)25/h3-4,6-7,9-10,12-14,16,19H,2,5,8,11,15H2,1H3,(H,26,28). The normalized spacial score (nSPS) is 22.4. The topological polar surface area (TPSA) is 58.6 Å². The van der Waals surface area contributed by atoms with Gasteiger partial charge in [0.05, 0.1) is 5.69 Å². The molecule has 0 saturated heterocycles. The van der Waals surface area contributed by atoms with E-state index in [2.05, 4.69) is 28.2 Å². The molecule has 1 aliphatic heterocycles. The minimum Gasteiger partial charge on any atom is -0.449 e. The molecule has 156 valence electrons. The number of hydrogen-bond acceptors (Lipinski definition) is 3. The lowest BCUT2D eigenvalue weighted by molar-refractivity contribution is -0.124. The number of amides is 2. The molecule has 1 saturated carbocycles. The van der Waals surface area contributed by atoms with Crippen LogP contribution in [0.4, 0.5) is 5.69 Å². The second kappa shape index (κ2) is 9.04. The maximum absolute atomic E-state index is 13.2. The minimum atomic E-state index is -0.323. The Bertz CT molecular complexity index is 988. The van der Waals surface area contributed by atoms with Crippen molar-refractivity contribution in [2.45, 2.75) is 38.6 Å². The molecule has 1 fully saturated rings. The Morgan fingerprint density at radius 3 is 2.70 bits per heavy atom. The van der Waals surface area contributed by atoms with Crippen LogP contribution >= 0.6 is 15.9 Å². The van der Waals surface area contributed by atoms with E-state index in [1.54, 1.807) is 12.1 Å². The van der Waals surface area contributed by atoms with Gasteiger partial charge < -0.3 is 10.1 Å². The number of anilines is 1. The predicted molar refractivity (Wildman–Crippen MR) is 121 cm³/mol. The van der Waals surface area contributed by atoms with Gasteiger partial charge in [0.2, 0.25) is 5.91 Å². The molecule has 2 unspecified atom stereocenters. The van der Waals surface area contributed by atoms with Gasteiger partial charge in [-0.05, 0) is 48.6 Å². The Balaban J connectivity index is 1.58. The highest BCUT2D eigenvalue weighted by molar-refractivity contribution is 9.10. The largest absolute Gasteiger partial charge is 0.449 e. The van der Waals surface area contributed by atoms with Crippen molar-refractivity contribution >= 4 is 39.5 Å². The van der Waals surface area contributed by atoms with Gasteiger partial charge >= 0.3 is 0 Å². The fourth-order valence-electron chi connectivity index (χ4n) is 4.08. The number of hydrogen-bond donors (Lipinski definition) is 1. The third-order valence-corrected chi connectivity index (χ3v) is 6.51. The number of fused-ring (bicyclic) bond motifs is 1. The zero-order valence-corrected chi connectivity index (χ0v) is 18.5. The molecule has 0 spiro atoms. The van der Waals surface area contributed by atoms with Crippen molar-refractivity contribution in [2.75, 3.05) is 11.4 Å². The number of rotatable bonds is 4. The molecule has 2 amide bonds. The Kier molecular flexibility index (Phi) is 6.23. The fourth-order valence-corrected chi connectivity index (χ4v) is 4.48. The van der Waals surface area contributed by atoms with Gasteiger partial charge in [-0.15, -0.1) is 0 Å². The molecular formula is C24H25BrN2O3. The summed E-state index contributed by atoms with van der Waals surface area (Å²) in [4.78, 5) is 27.6. The summed E-state index contributed by atoms with van der Waals surface area (Å²) < 4.78 is 6.76. The van der Waals surface area contributed by atoms with E-state index in [4.69, 9.17) is 4.74 Å². The Morgan fingerprint density at radius 2 is 1.90 bits per heavy atom. The molecule has 0 bridgehead atoms. The lowest BCUT2D eigenvalue weighted by Crippen LogP contribution is -2.48. The number of benzene rings is 2. The highest BCUT2D eigenvalue weighted by Gasteiger charge is 2.32. The predicted octanol–water partition coefficient (Wildman–Crippen LogP) is 4.91. The van der Waals surface area contributed by atoms with Crippen LogP contribution in [0, 0.1) is 5.92 Å². The van der Waals surface area contributed by atoms with Crippen LogP contribution in [0.15, 0.2) is 58.8 Å². The van der Waals surface area contributed by atoms with Crippen LogP contribution in [-0.2, 0) is 9.59 Å². The maximum atomic E-state index is 13.2. The van der Waals surface area contributed by atoms with Gasteiger partial charge in [-0.3, -0.25) is 14.5 Å². The molecule has 30 heavy (non-hydrogen) atoms. The zero-order valence-electron chi connectivity index (χ0n) is 16.9. The first-order valence-corrected chi connectivity index (χ1v) is 11.2. The van der Waals surface area contributed by atoms with Gasteiger partial charge in [-0.25, -0.2) is 0 Å². The van der Waals surface area contributed by atoms with Crippen LogP contribution in [0.5, 0.6) is 5.75 Å². The molecule has 4 rings (SSSR count). The van der Waals surface area contributed by atoms with Crippen LogP contribution < -0.4 is 15.0 Å². The highest BCUT2D eigenvalue weighted by Crippen LogP contribution is 2.36. The number of para-hydroxylation sites is 2. The molecule has 2 aromatic carbocycles. The van der Waals surface area contributed by atoms with Crippen LogP contribution in [0.2, 0.25) is 0 Å². The van der Waals surface area contributed by atoms with Crippen LogP contribution in [0.25, 0.3) is 6.08 Å². The van der Waals surface area contributed by atoms with Crippen LogP contribution in [-0.4, -0.2) is 24.4 Å². The van der Waals surface area contributed by atoms with Crippen molar-refractivity contribution in [2.24, 2.45) is 5.92 Å². The van der Waals surface area contributed by atoms with Crippen molar-refractivity contribution in [3.05, 3.63) is 64.3 Å². The zero-order chi connectivity index (χ0) is 21.1. The number of carbonyl (C=O) groups is 2. The third kappa shape index (κ3) is 4.43. The van der Waals surface area contributed by atoms with Crippen molar-refractivity contribution < 1.29 is 14.3 Å². The number of nitrogens with zero attached hydrogens (tertiary/aromatic N) is 1. The molecule has 1 aliphatic carbocycles. The average Bonchev–Trinajstić information content (AvgIpc) is 2.74. The average molecular weight is 469 g/mol. The number of nitrogens with one attached hydrogen (secondary N) is 1. The molecule has 1 N–H and O–H groups in total. The summed E-state index contributed by atoms with van der Waals surface area (Å²) in [7, 11) is 0. The fraction of sp³-hybridized carbons (Fsp3) is 0.333. The molecule has 6 heteroatoms. The van der Waals surface area contributed by atoms with E-state index >= 15 is 0 Å². The van der Waals surface area contributed by atoms with Crippen molar-refractivity contribution in [3.8, 4) is 5.75 Å². The van der Waals surface area contributed by atoms with Crippen LogP contribution in [0.3, 0.4) is 0 Å². The molecule has 1 heterocycles. The monoisotopic (exact) mass is 468 g/mol. The number of halogens is 1. The summed E-state index contributed by atoms with van der Waals surface area (Å²) in [5.41, 5.74) is 1.44. The van der Waals surface area contributed by atoms with Gasteiger partial charge in [-0.1, -0.05) is 66.0 Å². The van der Waals surface area contributed by atoms with Gasteiger partial charge in [-0.2, -0.15) is 0 Å².